The molecule has 92 valence electrons. The van der Waals surface area contributed by atoms with Crippen molar-refractivity contribution in [2.75, 3.05) is 0 Å². The highest BCUT2D eigenvalue weighted by atomic mass is 35.5. The number of nitrogens with zero attached hydrogens (tertiary/aromatic N) is 2. The molecule has 2 aromatic heterocycles. The van der Waals surface area contributed by atoms with Crippen molar-refractivity contribution in [3.05, 3.63) is 47.9 Å². The van der Waals surface area contributed by atoms with Gasteiger partial charge in [0.05, 0.1) is 0 Å². The molecule has 17 heavy (non-hydrogen) atoms. The number of hydrogen-bond donors (Lipinski definition) is 1. The third-order valence-electron chi connectivity index (χ3n) is 2.51. The molecule has 0 amide bonds. The number of hydrogen-bond acceptors (Lipinski definition) is 2. The van der Waals surface area contributed by atoms with Gasteiger partial charge in [-0.05, 0) is 43.7 Å². The molecule has 1 atom stereocenters. The lowest BCUT2D eigenvalue weighted by Crippen LogP contribution is -2.19. The molecule has 1 unspecified atom stereocenters. The lowest BCUT2D eigenvalue weighted by Gasteiger charge is -2.10. The average Bonchev–Trinajstić information content (AvgIpc) is 2.65. The molecule has 0 aromatic carbocycles. The molecular weight excluding hydrogens is 234 g/mol. The van der Waals surface area contributed by atoms with Crippen molar-refractivity contribution in [2.24, 2.45) is 5.73 Å². The molecule has 0 spiro atoms. The summed E-state index contributed by atoms with van der Waals surface area (Å²) < 4.78 is 2.09. The van der Waals surface area contributed by atoms with Gasteiger partial charge in [0, 0.05) is 30.6 Å². The summed E-state index contributed by atoms with van der Waals surface area (Å²) in [6.07, 6.45) is 4.72. The molecule has 0 fully saturated rings. The molecule has 0 aliphatic rings. The number of rotatable bonds is 3. The molecule has 0 radical (unpaired) electrons. The van der Waals surface area contributed by atoms with Crippen molar-refractivity contribution in [3.63, 3.8) is 0 Å². The van der Waals surface area contributed by atoms with Crippen LogP contribution in [0.25, 0.3) is 5.82 Å². The molecule has 0 aliphatic carbocycles. The molecule has 2 N–H and O–H groups in total. The molecule has 2 aromatic rings. The summed E-state index contributed by atoms with van der Waals surface area (Å²) in [7, 11) is 0. The van der Waals surface area contributed by atoms with Gasteiger partial charge >= 0.3 is 0 Å². The highest BCUT2D eigenvalue weighted by molar-refractivity contribution is 5.85. The van der Waals surface area contributed by atoms with E-state index >= 15 is 0 Å². The van der Waals surface area contributed by atoms with Crippen LogP contribution in [0.3, 0.4) is 0 Å². The van der Waals surface area contributed by atoms with Crippen LogP contribution in [-0.4, -0.2) is 15.6 Å². The van der Waals surface area contributed by atoms with Gasteiger partial charge in [0.25, 0.3) is 0 Å². The van der Waals surface area contributed by atoms with E-state index in [1.54, 1.807) is 0 Å². The summed E-state index contributed by atoms with van der Waals surface area (Å²) >= 11 is 0. The van der Waals surface area contributed by atoms with Crippen molar-refractivity contribution in [1.29, 1.82) is 0 Å². The number of aryl methyl sites for hydroxylation is 1. The third-order valence-corrected chi connectivity index (χ3v) is 2.51. The van der Waals surface area contributed by atoms with E-state index in [1.165, 1.54) is 11.3 Å². The SMILES string of the molecule is Cc1ccnc(-n2cccc2CC(C)N)c1.Cl. The van der Waals surface area contributed by atoms with E-state index in [2.05, 4.69) is 28.6 Å². The van der Waals surface area contributed by atoms with Crippen LogP contribution in [0.15, 0.2) is 36.7 Å². The van der Waals surface area contributed by atoms with Gasteiger partial charge in [-0.3, -0.25) is 0 Å². The van der Waals surface area contributed by atoms with E-state index in [4.69, 9.17) is 5.73 Å². The van der Waals surface area contributed by atoms with Gasteiger partial charge in [0.2, 0.25) is 0 Å². The van der Waals surface area contributed by atoms with Crippen molar-refractivity contribution < 1.29 is 0 Å². The average molecular weight is 252 g/mol. The van der Waals surface area contributed by atoms with Crippen LogP contribution in [0.2, 0.25) is 0 Å². The second-order valence-electron chi connectivity index (χ2n) is 4.24. The highest BCUT2D eigenvalue weighted by Gasteiger charge is 2.06. The second kappa shape index (κ2) is 5.84. The molecule has 2 heterocycles. The van der Waals surface area contributed by atoms with Gasteiger partial charge in [-0.25, -0.2) is 4.98 Å². The second-order valence-corrected chi connectivity index (χ2v) is 4.24. The van der Waals surface area contributed by atoms with Crippen molar-refractivity contribution in [1.82, 2.24) is 9.55 Å². The third kappa shape index (κ3) is 3.32. The van der Waals surface area contributed by atoms with Gasteiger partial charge in [0.15, 0.2) is 0 Å². The summed E-state index contributed by atoms with van der Waals surface area (Å²) in [6.45, 7) is 4.08. The van der Waals surface area contributed by atoms with Crippen LogP contribution < -0.4 is 5.73 Å². The first-order valence-corrected chi connectivity index (χ1v) is 5.51. The zero-order chi connectivity index (χ0) is 11.5. The molecular formula is C13H18ClN3. The van der Waals surface area contributed by atoms with Gasteiger partial charge in [-0.2, -0.15) is 0 Å². The minimum absolute atomic E-state index is 0. The Bertz CT molecular complexity index is 477. The van der Waals surface area contributed by atoms with Crippen molar-refractivity contribution in [2.45, 2.75) is 26.3 Å². The van der Waals surface area contributed by atoms with Crippen LogP contribution in [0.1, 0.15) is 18.2 Å². The maximum Gasteiger partial charge on any atom is 0.137 e. The predicted molar refractivity (Wildman–Crippen MR) is 72.9 cm³/mol. The Morgan fingerprint density at radius 1 is 1.41 bits per heavy atom. The fourth-order valence-electron chi connectivity index (χ4n) is 1.79. The first-order chi connectivity index (χ1) is 7.66. The van der Waals surface area contributed by atoms with E-state index in [-0.39, 0.29) is 18.4 Å². The first kappa shape index (κ1) is 13.7. The lowest BCUT2D eigenvalue weighted by molar-refractivity contribution is 0.706. The summed E-state index contributed by atoms with van der Waals surface area (Å²) in [5.41, 5.74) is 8.24. The molecule has 4 heteroatoms. The Labute approximate surface area is 108 Å². The standard InChI is InChI=1S/C13H17N3.ClH/c1-10-5-6-15-13(8-10)16-7-3-4-12(16)9-11(2)14;/h3-8,11H,9,14H2,1-2H3;1H. The Hall–Kier alpha value is -1.32. The summed E-state index contributed by atoms with van der Waals surface area (Å²) in [6, 6.07) is 8.36. The number of halogens is 1. The molecule has 2 rings (SSSR count). The van der Waals surface area contributed by atoms with Crippen LogP contribution in [0.5, 0.6) is 0 Å². The molecule has 0 aliphatic heterocycles. The summed E-state index contributed by atoms with van der Waals surface area (Å²) in [4.78, 5) is 4.37. The smallest absolute Gasteiger partial charge is 0.137 e. The Balaban J connectivity index is 0.00000144. The normalized spacial score (nSPS) is 11.9. The van der Waals surface area contributed by atoms with Gasteiger partial charge < -0.3 is 10.3 Å². The van der Waals surface area contributed by atoms with E-state index in [0.29, 0.717) is 0 Å². The van der Waals surface area contributed by atoms with Crippen LogP contribution in [0, 0.1) is 6.92 Å². The number of aromatic nitrogens is 2. The fourth-order valence-corrected chi connectivity index (χ4v) is 1.79. The molecule has 0 saturated heterocycles. The Morgan fingerprint density at radius 3 is 2.82 bits per heavy atom. The minimum Gasteiger partial charge on any atom is -0.328 e. The minimum atomic E-state index is 0. The zero-order valence-electron chi connectivity index (χ0n) is 10.1. The van der Waals surface area contributed by atoms with E-state index in [1.807, 2.05) is 31.5 Å². The van der Waals surface area contributed by atoms with Crippen LogP contribution >= 0.6 is 12.4 Å². The monoisotopic (exact) mass is 251 g/mol. The van der Waals surface area contributed by atoms with Crippen molar-refractivity contribution >= 4 is 12.4 Å². The maximum absolute atomic E-state index is 5.83. The number of nitrogens with two attached hydrogens (primary N) is 1. The highest BCUT2D eigenvalue weighted by Crippen LogP contribution is 2.12. The van der Waals surface area contributed by atoms with E-state index in [0.717, 1.165) is 12.2 Å². The fraction of sp³-hybridized carbons (Fsp3) is 0.308. The maximum atomic E-state index is 5.83. The predicted octanol–water partition coefficient (Wildman–Crippen LogP) is 2.49. The zero-order valence-corrected chi connectivity index (χ0v) is 10.9. The van der Waals surface area contributed by atoms with Crippen LogP contribution in [-0.2, 0) is 6.42 Å². The summed E-state index contributed by atoms with van der Waals surface area (Å²) in [5.74, 6) is 0.959. The van der Waals surface area contributed by atoms with Crippen molar-refractivity contribution in [3.8, 4) is 5.82 Å². The lowest BCUT2D eigenvalue weighted by atomic mass is 10.2. The quantitative estimate of drug-likeness (QED) is 0.911. The van der Waals surface area contributed by atoms with E-state index in [9.17, 15) is 0 Å². The topological polar surface area (TPSA) is 43.8 Å². The van der Waals surface area contributed by atoms with Crippen LogP contribution in [0.4, 0.5) is 0 Å². The first-order valence-electron chi connectivity index (χ1n) is 5.51. The van der Waals surface area contributed by atoms with Gasteiger partial charge in [-0.15, -0.1) is 12.4 Å². The molecule has 0 bridgehead atoms. The van der Waals surface area contributed by atoms with Gasteiger partial charge in [0.1, 0.15) is 5.82 Å². The molecule has 3 nitrogen and oxygen atoms in total. The molecule has 0 saturated carbocycles. The summed E-state index contributed by atoms with van der Waals surface area (Å²) in [5, 5.41) is 0. The Kier molecular flexibility index (Phi) is 4.73. The largest absolute Gasteiger partial charge is 0.328 e. The number of pyridine rings is 1. The van der Waals surface area contributed by atoms with E-state index < -0.39 is 0 Å². The Morgan fingerprint density at radius 2 is 2.18 bits per heavy atom. The van der Waals surface area contributed by atoms with Gasteiger partial charge in [-0.1, -0.05) is 0 Å².